The maximum Gasteiger partial charge on any atom is 0.239 e. The van der Waals surface area contributed by atoms with Crippen molar-refractivity contribution in [1.29, 1.82) is 0 Å². The first kappa shape index (κ1) is 15.7. The van der Waals surface area contributed by atoms with Crippen molar-refractivity contribution in [3.05, 3.63) is 0 Å². The largest absolute Gasteiger partial charge is 0.378 e. The maximum absolute atomic E-state index is 12.3. The van der Waals surface area contributed by atoms with Gasteiger partial charge in [-0.25, -0.2) is 0 Å². The first-order valence-electron chi connectivity index (χ1n) is 7.99. The van der Waals surface area contributed by atoms with Crippen LogP contribution in [-0.2, 0) is 9.53 Å². The van der Waals surface area contributed by atoms with E-state index in [9.17, 15) is 4.79 Å². The van der Waals surface area contributed by atoms with E-state index in [-0.39, 0.29) is 11.9 Å². The maximum atomic E-state index is 12.3. The standard InChI is InChI=1S/C15H29N3O2/c1-13(12-17-5-3-4-6-17)11-16-14(2)15(19)18-7-9-20-10-8-18/h13-14,16H,3-12H2,1-2H3. The molecule has 0 spiro atoms. The van der Waals surface area contributed by atoms with Crippen molar-refractivity contribution in [2.45, 2.75) is 32.7 Å². The second kappa shape index (κ2) is 7.96. The molecule has 0 aromatic carbocycles. The van der Waals surface area contributed by atoms with Gasteiger partial charge in [0.25, 0.3) is 0 Å². The van der Waals surface area contributed by atoms with E-state index in [1.165, 1.54) is 25.9 Å². The lowest BCUT2D eigenvalue weighted by molar-refractivity contribution is -0.137. The van der Waals surface area contributed by atoms with Crippen LogP contribution in [0.5, 0.6) is 0 Å². The molecule has 2 aliphatic heterocycles. The first-order valence-corrected chi connectivity index (χ1v) is 7.99. The lowest BCUT2D eigenvalue weighted by atomic mass is 10.1. The number of likely N-dealkylation sites (tertiary alicyclic amines) is 1. The third kappa shape index (κ3) is 4.72. The van der Waals surface area contributed by atoms with Gasteiger partial charge in [-0.1, -0.05) is 6.92 Å². The van der Waals surface area contributed by atoms with E-state index in [2.05, 4.69) is 17.1 Å². The van der Waals surface area contributed by atoms with Crippen LogP contribution in [0.3, 0.4) is 0 Å². The monoisotopic (exact) mass is 283 g/mol. The molecule has 2 fully saturated rings. The normalized spacial score (nSPS) is 23.8. The van der Waals surface area contributed by atoms with E-state index in [0.29, 0.717) is 19.1 Å². The summed E-state index contributed by atoms with van der Waals surface area (Å²) in [7, 11) is 0. The number of carbonyl (C=O) groups is 1. The quantitative estimate of drug-likeness (QED) is 0.773. The highest BCUT2D eigenvalue weighted by atomic mass is 16.5. The zero-order valence-electron chi connectivity index (χ0n) is 12.9. The first-order chi connectivity index (χ1) is 9.66. The van der Waals surface area contributed by atoms with Gasteiger partial charge in [0.2, 0.25) is 5.91 Å². The number of amides is 1. The van der Waals surface area contributed by atoms with Gasteiger partial charge >= 0.3 is 0 Å². The Hall–Kier alpha value is -0.650. The van der Waals surface area contributed by atoms with E-state index in [0.717, 1.165) is 26.2 Å². The van der Waals surface area contributed by atoms with Crippen molar-refractivity contribution < 1.29 is 9.53 Å². The zero-order chi connectivity index (χ0) is 14.4. The number of carbonyl (C=O) groups excluding carboxylic acids is 1. The van der Waals surface area contributed by atoms with Crippen LogP contribution in [-0.4, -0.2) is 74.2 Å². The second-order valence-corrected chi connectivity index (χ2v) is 6.18. The van der Waals surface area contributed by atoms with E-state index >= 15 is 0 Å². The Morgan fingerprint density at radius 2 is 1.80 bits per heavy atom. The molecule has 2 heterocycles. The van der Waals surface area contributed by atoms with Crippen LogP contribution >= 0.6 is 0 Å². The van der Waals surface area contributed by atoms with Gasteiger partial charge in [-0.3, -0.25) is 4.79 Å². The Bertz CT molecular complexity index is 299. The van der Waals surface area contributed by atoms with Crippen LogP contribution in [0.25, 0.3) is 0 Å². The summed E-state index contributed by atoms with van der Waals surface area (Å²) < 4.78 is 5.28. The summed E-state index contributed by atoms with van der Waals surface area (Å²) in [5.74, 6) is 0.801. The number of ether oxygens (including phenoxy) is 1. The number of nitrogens with one attached hydrogen (secondary N) is 1. The molecule has 0 aromatic heterocycles. The molecule has 2 atom stereocenters. The Morgan fingerprint density at radius 3 is 2.45 bits per heavy atom. The molecule has 2 saturated heterocycles. The van der Waals surface area contributed by atoms with Gasteiger partial charge in [-0.2, -0.15) is 0 Å². The summed E-state index contributed by atoms with van der Waals surface area (Å²) in [6.45, 7) is 11.6. The molecule has 0 bridgehead atoms. The predicted octanol–water partition coefficient (Wildman–Crippen LogP) is 0.555. The molecule has 20 heavy (non-hydrogen) atoms. The van der Waals surface area contributed by atoms with Gasteiger partial charge in [-0.15, -0.1) is 0 Å². The number of nitrogens with zero attached hydrogens (tertiary/aromatic N) is 2. The molecule has 0 radical (unpaired) electrons. The average Bonchev–Trinajstić information content (AvgIpc) is 2.97. The molecule has 1 amide bonds. The molecule has 2 rings (SSSR count). The molecule has 1 N–H and O–H groups in total. The fourth-order valence-corrected chi connectivity index (χ4v) is 2.99. The van der Waals surface area contributed by atoms with Gasteiger partial charge in [0.05, 0.1) is 19.3 Å². The van der Waals surface area contributed by atoms with Gasteiger partial charge in [0.15, 0.2) is 0 Å². The van der Waals surface area contributed by atoms with E-state index in [1.807, 2.05) is 11.8 Å². The summed E-state index contributed by atoms with van der Waals surface area (Å²) in [6, 6.07) is -0.0888. The van der Waals surface area contributed by atoms with Crippen LogP contribution in [0.4, 0.5) is 0 Å². The number of rotatable bonds is 6. The lowest BCUT2D eigenvalue weighted by Gasteiger charge is -2.30. The van der Waals surface area contributed by atoms with Crippen molar-refractivity contribution in [2.24, 2.45) is 5.92 Å². The van der Waals surface area contributed by atoms with E-state index < -0.39 is 0 Å². The Morgan fingerprint density at radius 1 is 1.15 bits per heavy atom. The van der Waals surface area contributed by atoms with Crippen molar-refractivity contribution in [3.63, 3.8) is 0 Å². The van der Waals surface area contributed by atoms with Crippen molar-refractivity contribution in [1.82, 2.24) is 15.1 Å². The fourth-order valence-electron chi connectivity index (χ4n) is 2.99. The van der Waals surface area contributed by atoms with Gasteiger partial charge in [-0.05, 0) is 45.3 Å². The Labute approximate surface area is 122 Å². The summed E-state index contributed by atoms with van der Waals surface area (Å²) >= 11 is 0. The highest BCUT2D eigenvalue weighted by molar-refractivity contribution is 5.81. The zero-order valence-corrected chi connectivity index (χ0v) is 12.9. The molecule has 5 heteroatoms. The second-order valence-electron chi connectivity index (χ2n) is 6.18. The molecule has 5 nitrogen and oxygen atoms in total. The van der Waals surface area contributed by atoms with Crippen molar-refractivity contribution >= 4 is 5.91 Å². The van der Waals surface area contributed by atoms with Crippen LogP contribution < -0.4 is 5.32 Å². The summed E-state index contributed by atoms with van der Waals surface area (Å²) in [4.78, 5) is 16.7. The number of morpholine rings is 1. The number of hydrogen-bond donors (Lipinski definition) is 1. The van der Waals surface area contributed by atoms with Gasteiger partial charge in [0.1, 0.15) is 0 Å². The Balaban J connectivity index is 1.65. The van der Waals surface area contributed by atoms with Crippen LogP contribution in [0.1, 0.15) is 26.7 Å². The topological polar surface area (TPSA) is 44.8 Å². The average molecular weight is 283 g/mol. The third-order valence-corrected chi connectivity index (χ3v) is 4.23. The smallest absolute Gasteiger partial charge is 0.239 e. The molecular formula is C15H29N3O2. The summed E-state index contributed by atoms with van der Waals surface area (Å²) in [5.41, 5.74) is 0. The highest BCUT2D eigenvalue weighted by Gasteiger charge is 2.22. The van der Waals surface area contributed by atoms with Crippen LogP contribution in [0.15, 0.2) is 0 Å². The lowest BCUT2D eigenvalue weighted by Crippen LogP contribution is -2.50. The predicted molar refractivity (Wildman–Crippen MR) is 79.7 cm³/mol. The summed E-state index contributed by atoms with van der Waals surface area (Å²) in [5, 5.41) is 3.39. The minimum atomic E-state index is -0.0888. The van der Waals surface area contributed by atoms with Crippen LogP contribution in [0, 0.1) is 5.92 Å². The van der Waals surface area contributed by atoms with Crippen molar-refractivity contribution in [2.75, 3.05) is 52.5 Å². The fraction of sp³-hybridized carbons (Fsp3) is 0.933. The number of hydrogen-bond acceptors (Lipinski definition) is 4. The minimum absolute atomic E-state index is 0.0888. The third-order valence-electron chi connectivity index (χ3n) is 4.23. The molecule has 2 aliphatic rings. The molecular weight excluding hydrogens is 254 g/mol. The van der Waals surface area contributed by atoms with E-state index in [1.54, 1.807) is 0 Å². The summed E-state index contributed by atoms with van der Waals surface area (Å²) in [6.07, 6.45) is 2.68. The molecule has 0 saturated carbocycles. The van der Waals surface area contributed by atoms with Crippen molar-refractivity contribution in [3.8, 4) is 0 Å². The molecule has 0 aliphatic carbocycles. The minimum Gasteiger partial charge on any atom is -0.378 e. The molecule has 2 unspecified atom stereocenters. The van der Waals surface area contributed by atoms with Gasteiger partial charge in [0, 0.05) is 19.6 Å². The van der Waals surface area contributed by atoms with Crippen LogP contribution in [0.2, 0.25) is 0 Å². The molecule has 116 valence electrons. The van der Waals surface area contributed by atoms with E-state index in [4.69, 9.17) is 4.74 Å². The van der Waals surface area contributed by atoms with Gasteiger partial charge < -0.3 is 19.9 Å². The molecule has 0 aromatic rings. The Kier molecular flexibility index (Phi) is 6.26. The highest BCUT2D eigenvalue weighted by Crippen LogP contribution is 2.10. The SMILES string of the molecule is CC(CNC(C)C(=O)N1CCOCC1)CN1CCCC1.